The number of amides is 2. The van der Waals surface area contributed by atoms with Crippen molar-refractivity contribution in [2.45, 2.75) is 38.5 Å². The summed E-state index contributed by atoms with van der Waals surface area (Å²) in [5, 5.41) is 2.88. The molecule has 3 aromatic carbocycles. The van der Waals surface area contributed by atoms with Crippen LogP contribution in [0.25, 0.3) is 0 Å². The lowest BCUT2D eigenvalue weighted by Gasteiger charge is -2.26. The summed E-state index contributed by atoms with van der Waals surface area (Å²) in [5.74, 6) is 0.326. The molecule has 0 aliphatic carbocycles. The van der Waals surface area contributed by atoms with Crippen molar-refractivity contribution in [3.05, 3.63) is 95.1 Å². The average molecular weight is 445 g/mol. The van der Waals surface area contributed by atoms with Crippen molar-refractivity contribution in [1.29, 1.82) is 0 Å². The number of anilines is 2. The minimum absolute atomic E-state index is 0.0350. The van der Waals surface area contributed by atoms with E-state index in [0.717, 1.165) is 22.5 Å². The molecule has 164 valence electrons. The van der Waals surface area contributed by atoms with Gasteiger partial charge >= 0.3 is 0 Å². The monoisotopic (exact) mass is 444 g/mol. The third-order valence-electron chi connectivity index (χ3n) is 5.67. The van der Waals surface area contributed by atoms with Crippen molar-refractivity contribution in [3.63, 3.8) is 0 Å². The first kappa shape index (κ1) is 22.2. The zero-order valence-corrected chi connectivity index (χ0v) is 19.7. The molecule has 1 atom stereocenters. The highest BCUT2D eigenvalue weighted by Gasteiger charge is 2.35. The van der Waals surface area contributed by atoms with Gasteiger partial charge in [-0.1, -0.05) is 68.8 Å². The van der Waals surface area contributed by atoms with E-state index in [-0.39, 0.29) is 22.6 Å². The number of para-hydroxylation sites is 1. The summed E-state index contributed by atoms with van der Waals surface area (Å²) in [6, 6.07) is 23.4. The van der Waals surface area contributed by atoms with E-state index >= 15 is 0 Å². The first-order chi connectivity index (χ1) is 15.2. The molecule has 1 saturated heterocycles. The molecule has 5 heteroatoms. The SMILES string of the molecule is Cc1ccc(N2C(=O)CS[C@H]2c2ccccc2NC(=O)c2ccc(C(C)(C)C)cc2)cc1. The van der Waals surface area contributed by atoms with E-state index in [1.54, 1.807) is 11.8 Å². The molecule has 4 rings (SSSR count). The Morgan fingerprint density at radius 3 is 2.28 bits per heavy atom. The zero-order chi connectivity index (χ0) is 22.9. The molecule has 1 aliphatic rings. The smallest absolute Gasteiger partial charge is 0.255 e. The van der Waals surface area contributed by atoms with Crippen LogP contribution in [0.1, 0.15) is 53.2 Å². The zero-order valence-electron chi connectivity index (χ0n) is 18.9. The second-order valence-corrected chi connectivity index (χ2v) is 10.2. The van der Waals surface area contributed by atoms with Gasteiger partial charge in [-0.3, -0.25) is 14.5 Å². The fraction of sp³-hybridized carbons (Fsp3) is 0.259. The average Bonchev–Trinajstić information content (AvgIpc) is 3.15. The largest absolute Gasteiger partial charge is 0.322 e. The maximum atomic E-state index is 13.0. The number of carbonyl (C=O) groups is 2. The number of aryl methyl sites for hydroxylation is 1. The number of nitrogens with zero attached hydrogens (tertiary/aromatic N) is 1. The van der Waals surface area contributed by atoms with Crippen molar-refractivity contribution in [1.82, 2.24) is 0 Å². The summed E-state index contributed by atoms with van der Waals surface area (Å²) in [7, 11) is 0. The van der Waals surface area contributed by atoms with Crippen LogP contribution in [-0.2, 0) is 10.2 Å². The van der Waals surface area contributed by atoms with Crippen LogP contribution in [0.2, 0.25) is 0 Å². The second-order valence-electron chi connectivity index (χ2n) is 9.13. The Kier molecular flexibility index (Phi) is 6.11. The number of benzene rings is 3. The first-order valence-corrected chi connectivity index (χ1v) is 11.8. The van der Waals surface area contributed by atoms with Crippen LogP contribution >= 0.6 is 11.8 Å². The van der Waals surface area contributed by atoms with Gasteiger partial charge in [-0.25, -0.2) is 0 Å². The molecule has 1 aliphatic heterocycles. The second kappa shape index (κ2) is 8.83. The van der Waals surface area contributed by atoms with Gasteiger partial charge in [0.2, 0.25) is 5.91 Å². The Labute approximate surface area is 194 Å². The predicted octanol–water partition coefficient (Wildman–Crippen LogP) is 6.32. The summed E-state index contributed by atoms with van der Waals surface area (Å²) in [5.41, 5.74) is 5.49. The van der Waals surface area contributed by atoms with Crippen LogP contribution < -0.4 is 10.2 Å². The fourth-order valence-electron chi connectivity index (χ4n) is 3.78. The Bertz CT molecular complexity index is 1130. The van der Waals surface area contributed by atoms with Crippen molar-refractivity contribution in [2.24, 2.45) is 0 Å². The van der Waals surface area contributed by atoms with E-state index in [9.17, 15) is 9.59 Å². The summed E-state index contributed by atoms with van der Waals surface area (Å²) in [6.45, 7) is 8.48. The van der Waals surface area contributed by atoms with Crippen molar-refractivity contribution in [2.75, 3.05) is 16.0 Å². The molecule has 0 aromatic heterocycles. The maximum Gasteiger partial charge on any atom is 0.255 e. The van der Waals surface area contributed by atoms with Crippen molar-refractivity contribution >= 4 is 35.0 Å². The number of thioether (sulfide) groups is 1. The lowest BCUT2D eigenvalue weighted by Crippen LogP contribution is -2.28. The lowest BCUT2D eigenvalue weighted by atomic mass is 9.86. The molecule has 1 N–H and O–H groups in total. The number of hydrogen-bond donors (Lipinski definition) is 1. The first-order valence-electron chi connectivity index (χ1n) is 10.8. The minimum Gasteiger partial charge on any atom is -0.322 e. The number of rotatable bonds is 4. The van der Waals surface area contributed by atoms with Gasteiger partial charge in [-0.05, 0) is 48.2 Å². The standard InChI is InChI=1S/C27H28N2O2S/c1-18-9-15-21(16-10-18)29-24(30)17-32-26(29)22-7-5-6-8-23(22)28-25(31)19-11-13-20(14-12-19)27(2,3)4/h5-16,26H,17H2,1-4H3,(H,28,31)/t26-/m0/s1. The summed E-state index contributed by atoms with van der Waals surface area (Å²) < 4.78 is 0. The van der Waals surface area contributed by atoms with Crippen LogP contribution in [-0.4, -0.2) is 17.6 Å². The molecule has 3 aromatic rings. The highest BCUT2D eigenvalue weighted by atomic mass is 32.2. The number of nitrogens with one attached hydrogen (secondary N) is 1. The Morgan fingerprint density at radius 2 is 1.62 bits per heavy atom. The van der Waals surface area contributed by atoms with E-state index < -0.39 is 0 Å². The quantitative estimate of drug-likeness (QED) is 0.512. The Hall–Kier alpha value is -3.05. The number of carbonyl (C=O) groups excluding carboxylic acids is 2. The van der Waals surface area contributed by atoms with E-state index in [0.29, 0.717) is 11.3 Å². The van der Waals surface area contributed by atoms with Gasteiger partial charge < -0.3 is 5.32 Å². The highest BCUT2D eigenvalue weighted by Crippen LogP contribution is 2.44. The fourth-order valence-corrected chi connectivity index (χ4v) is 4.99. The predicted molar refractivity (Wildman–Crippen MR) is 133 cm³/mol. The van der Waals surface area contributed by atoms with Gasteiger partial charge in [0, 0.05) is 22.5 Å². The highest BCUT2D eigenvalue weighted by molar-refractivity contribution is 8.00. The molecule has 2 amide bonds. The third-order valence-corrected chi connectivity index (χ3v) is 6.86. The molecule has 0 radical (unpaired) electrons. The van der Waals surface area contributed by atoms with E-state index in [4.69, 9.17) is 0 Å². The van der Waals surface area contributed by atoms with E-state index in [1.165, 1.54) is 5.56 Å². The van der Waals surface area contributed by atoms with Gasteiger partial charge in [-0.2, -0.15) is 0 Å². The molecule has 0 spiro atoms. The van der Waals surface area contributed by atoms with Crippen LogP contribution in [0.3, 0.4) is 0 Å². The van der Waals surface area contributed by atoms with Gasteiger partial charge in [0.25, 0.3) is 5.91 Å². The van der Waals surface area contributed by atoms with Crippen molar-refractivity contribution in [3.8, 4) is 0 Å². The maximum absolute atomic E-state index is 13.0. The summed E-state index contributed by atoms with van der Waals surface area (Å²) in [4.78, 5) is 27.6. The summed E-state index contributed by atoms with van der Waals surface area (Å²) in [6.07, 6.45) is 0. The topological polar surface area (TPSA) is 49.4 Å². The van der Waals surface area contributed by atoms with E-state index in [2.05, 4.69) is 26.1 Å². The minimum atomic E-state index is -0.190. The van der Waals surface area contributed by atoms with Gasteiger partial charge in [0.05, 0.1) is 5.75 Å². The Balaban J connectivity index is 1.60. The molecular formula is C27H28N2O2S. The van der Waals surface area contributed by atoms with Gasteiger partial charge in [0.15, 0.2) is 0 Å². The van der Waals surface area contributed by atoms with Gasteiger partial charge in [0.1, 0.15) is 5.37 Å². The van der Waals surface area contributed by atoms with Crippen LogP contribution in [0.15, 0.2) is 72.8 Å². The molecule has 1 fully saturated rings. The van der Waals surface area contributed by atoms with E-state index in [1.807, 2.05) is 84.6 Å². The number of hydrogen-bond acceptors (Lipinski definition) is 3. The van der Waals surface area contributed by atoms with Gasteiger partial charge in [-0.15, -0.1) is 11.8 Å². The van der Waals surface area contributed by atoms with Crippen molar-refractivity contribution < 1.29 is 9.59 Å². The Morgan fingerprint density at radius 1 is 0.969 bits per heavy atom. The third kappa shape index (κ3) is 4.58. The molecule has 4 nitrogen and oxygen atoms in total. The van der Waals surface area contributed by atoms with Crippen LogP contribution in [0.5, 0.6) is 0 Å². The molecule has 1 heterocycles. The van der Waals surface area contributed by atoms with Crippen LogP contribution in [0, 0.1) is 6.92 Å². The normalized spacial score (nSPS) is 16.3. The molecular weight excluding hydrogens is 416 g/mol. The summed E-state index contributed by atoms with van der Waals surface area (Å²) >= 11 is 1.58. The molecule has 32 heavy (non-hydrogen) atoms. The molecule has 0 bridgehead atoms. The van der Waals surface area contributed by atoms with Crippen LogP contribution in [0.4, 0.5) is 11.4 Å². The molecule has 0 saturated carbocycles. The molecule has 0 unspecified atom stereocenters. The lowest BCUT2D eigenvalue weighted by molar-refractivity contribution is -0.115.